The highest BCUT2D eigenvalue weighted by Crippen LogP contribution is 2.45. The van der Waals surface area contributed by atoms with Crippen molar-refractivity contribution in [2.75, 3.05) is 6.61 Å². The molecule has 3 heteroatoms. The van der Waals surface area contributed by atoms with Crippen molar-refractivity contribution < 1.29 is 14.3 Å². The maximum Gasteiger partial charge on any atom is 0.310 e. The number of carbonyl (C=O) groups excluding carboxylic acids is 1. The lowest BCUT2D eigenvalue weighted by Gasteiger charge is -2.29. The molecule has 0 spiro atoms. The molecule has 2 aliphatic rings. The van der Waals surface area contributed by atoms with Crippen LogP contribution in [0.2, 0.25) is 0 Å². The van der Waals surface area contributed by atoms with Gasteiger partial charge in [0, 0.05) is 5.92 Å². The molecule has 0 bridgehead atoms. The molecule has 118 valence electrons. The van der Waals surface area contributed by atoms with E-state index in [1.807, 2.05) is 32.0 Å². The van der Waals surface area contributed by atoms with Gasteiger partial charge in [-0.2, -0.15) is 0 Å². The highest BCUT2D eigenvalue weighted by Gasteiger charge is 2.50. The SMILES string of the molecule is CC1(C)OC(=O)[C@@H]2CC(CCOCc3ccccc3)=CC[C@@H]21. The van der Waals surface area contributed by atoms with Crippen LogP contribution in [0.3, 0.4) is 0 Å². The number of ether oxygens (including phenoxy) is 2. The van der Waals surface area contributed by atoms with E-state index in [0.29, 0.717) is 19.1 Å². The van der Waals surface area contributed by atoms with Crippen LogP contribution in [0.4, 0.5) is 0 Å². The van der Waals surface area contributed by atoms with Crippen molar-refractivity contribution in [3.63, 3.8) is 0 Å². The second kappa shape index (κ2) is 6.25. The highest BCUT2D eigenvalue weighted by molar-refractivity contribution is 5.76. The van der Waals surface area contributed by atoms with E-state index < -0.39 is 0 Å². The Balaban J connectivity index is 1.47. The second-order valence-electron chi connectivity index (χ2n) is 6.83. The van der Waals surface area contributed by atoms with E-state index in [1.54, 1.807) is 0 Å². The van der Waals surface area contributed by atoms with Gasteiger partial charge in [0.05, 0.1) is 19.1 Å². The summed E-state index contributed by atoms with van der Waals surface area (Å²) in [6, 6.07) is 10.2. The number of allylic oxidation sites excluding steroid dienone is 1. The molecule has 1 aromatic carbocycles. The van der Waals surface area contributed by atoms with Gasteiger partial charge >= 0.3 is 5.97 Å². The number of cyclic esters (lactones) is 1. The Morgan fingerprint density at radius 2 is 2.05 bits per heavy atom. The second-order valence-corrected chi connectivity index (χ2v) is 6.83. The van der Waals surface area contributed by atoms with Crippen LogP contribution in [0, 0.1) is 11.8 Å². The molecule has 1 aromatic rings. The molecule has 0 N–H and O–H groups in total. The Hall–Kier alpha value is -1.61. The minimum atomic E-state index is -0.312. The molecule has 22 heavy (non-hydrogen) atoms. The molecule has 1 aliphatic heterocycles. The van der Waals surface area contributed by atoms with Crippen LogP contribution < -0.4 is 0 Å². The Kier molecular flexibility index (Phi) is 4.34. The lowest BCUT2D eigenvalue weighted by molar-refractivity contribution is -0.148. The molecular formula is C19H24O3. The largest absolute Gasteiger partial charge is 0.459 e. The van der Waals surface area contributed by atoms with Gasteiger partial charge in [0.1, 0.15) is 5.60 Å². The number of carbonyl (C=O) groups is 1. The number of rotatable bonds is 5. The Bertz CT molecular complexity index is 559. The fraction of sp³-hybridized carbons (Fsp3) is 0.526. The predicted molar refractivity (Wildman–Crippen MR) is 85.2 cm³/mol. The zero-order chi connectivity index (χ0) is 15.6. The van der Waals surface area contributed by atoms with Crippen molar-refractivity contribution >= 4 is 5.97 Å². The average molecular weight is 300 g/mol. The van der Waals surface area contributed by atoms with Gasteiger partial charge in [0.2, 0.25) is 0 Å². The molecule has 0 amide bonds. The summed E-state index contributed by atoms with van der Waals surface area (Å²) in [6.45, 7) is 5.40. The van der Waals surface area contributed by atoms with Crippen molar-refractivity contribution in [3.05, 3.63) is 47.5 Å². The first-order valence-electron chi connectivity index (χ1n) is 8.09. The monoisotopic (exact) mass is 300 g/mol. The number of hydrogen-bond donors (Lipinski definition) is 0. The van der Waals surface area contributed by atoms with Gasteiger partial charge in [0.25, 0.3) is 0 Å². The van der Waals surface area contributed by atoms with Crippen molar-refractivity contribution in [1.29, 1.82) is 0 Å². The molecule has 3 rings (SSSR count). The summed E-state index contributed by atoms with van der Waals surface area (Å²) in [4.78, 5) is 12.0. The summed E-state index contributed by atoms with van der Waals surface area (Å²) >= 11 is 0. The molecule has 1 aliphatic carbocycles. The minimum absolute atomic E-state index is 0.0224. The van der Waals surface area contributed by atoms with E-state index >= 15 is 0 Å². The first kappa shape index (κ1) is 15.3. The van der Waals surface area contributed by atoms with Crippen LogP contribution in [0.1, 0.15) is 38.7 Å². The molecule has 0 unspecified atom stereocenters. The summed E-state index contributed by atoms with van der Waals surface area (Å²) in [5, 5.41) is 0. The van der Waals surface area contributed by atoms with Gasteiger partial charge < -0.3 is 9.47 Å². The Morgan fingerprint density at radius 1 is 1.27 bits per heavy atom. The van der Waals surface area contributed by atoms with Gasteiger partial charge in [-0.15, -0.1) is 0 Å². The molecule has 0 aromatic heterocycles. The standard InChI is InChI=1S/C19H24O3/c1-19(2)17-9-8-14(12-16(17)18(20)22-19)10-11-21-13-15-6-4-3-5-7-15/h3-8,16-17H,9-13H2,1-2H3/t16-,17+/m1/s1. The molecule has 3 nitrogen and oxygen atoms in total. The fourth-order valence-electron chi connectivity index (χ4n) is 3.56. The first-order valence-corrected chi connectivity index (χ1v) is 8.09. The number of hydrogen-bond acceptors (Lipinski definition) is 3. The molecule has 2 atom stereocenters. The first-order chi connectivity index (χ1) is 10.6. The van der Waals surface area contributed by atoms with Crippen LogP contribution in [0.25, 0.3) is 0 Å². The third-order valence-electron chi connectivity index (χ3n) is 4.87. The topological polar surface area (TPSA) is 35.5 Å². The molecular weight excluding hydrogens is 276 g/mol. The van der Waals surface area contributed by atoms with Gasteiger partial charge in [-0.25, -0.2) is 0 Å². The van der Waals surface area contributed by atoms with Gasteiger partial charge in [0.15, 0.2) is 0 Å². The van der Waals surface area contributed by atoms with Crippen molar-refractivity contribution in [2.45, 2.75) is 45.3 Å². The van der Waals surface area contributed by atoms with Gasteiger partial charge in [-0.1, -0.05) is 42.0 Å². The average Bonchev–Trinajstić information content (AvgIpc) is 2.74. The molecule has 1 saturated heterocycles. The van der Waals surface area contributed by atoms with E-state index in [2.05, 4.69) is 18.2 Å². The van der Waals surface area contributed by atoms with E-state index in [0.717, 1.165) is 19.3 Å². The maximum absolute atomic E-state index is 12.0. The van der Waals surface area contributed by atoms with Crippen LogP contribution in [0.15, 0.2) is 42.0 Å². The number of benzene rings is 1. The van der Waals surface area contributed by atoms with E-state index in [1.165, 1.54) is 11.1 Å². The zero-order valence-electron chi connectivity index (χ0n) is 13.4. The lowest BCUT2D eigenvalue weighted by Crippen LogP contribution is -2.31. The third-order valence-corrected chi connectivity index (χ3v) is 4.87. The van der Waals surface area contributed by atoms with Crippen molar-refractivity contribution in [2.24, 2.45) is 11.8 Å². The maximum atomic E-state index is 12.0. The highest BCUT2D eigenvalue weighted by atomic mass is 16.6. The lowest BCUT2D eigenvalue weighted by atomic mass is 9.74. The van der Waals surface area contributed by atoms with E-state index in [9.17, 15) is 4.79 Å². The Labute approximate surface area is 132 Å². The summed E-state index contributed by atoms with van der Waals surface area (Å²) in [6.07, 6.45) is 4.97. The molecule has 0 radical (unpaired) electrons. The molecule has 0 saturated carbocycles. The summed E-state index contributed by atoms with van der Waals surface area (Å²) in [5.74, 6) is 0.351. The van der Waals surface area contributed by atoms with Crippen LogP contribution in [0.5, 0.6) is 0 Å². The van der Waals surface area contributed by atoms with Crippen LogP contribution in [-0.2, 0) is 20.9 Å². The Morgan fingerprint density at radius 3 is 2.82 bits per heavy atom. The summed E-state index contributed by atoms with van der Waals surface area (Å²) < 4.78 is 11.3. The van der Waals surface area contributed by atoms with Gasteiger partial charge in [-0.3, -0.25) is 4.79 Å². The molecule has 1 fully saturated rings. The van der Waals surface area contributed by atoms with E-state index in [-0.39, 0.29) is 17.5 Å². The predicted octanol–water partition coefficient (Wildman–Crippen LogP) is 3.88. The summed E-state index contributed by atoms with van der Waals surface area (Å²) in [7, 11) is 0. The van der Waals surface area contributed by atoms with Crippen molar-refractivity contribution in [1.82, 2.24) is 0 Å². The number of fused-ring (bicyclic) bond motifs is 1. The third kappa shape index (κ3) is 3.25. The fourth-order valence-corrected chi connectivity index (χ4v) is 3.56. The zero-order valence-corrected chi connectivity index (χ0v) is 13.4. The smallest absolute Gasteiger partial charge is 0.310 e. The normalized spacial score (nSPS) is 26.3. The number of esters is 1. The van der Waals surface area contributed by atoms with Gasteiger partial charge in [-0.05, 0) is 38.7 Å². The van der Waals surface area contributed by atoms with Crippen LogP contribution >= 0.6 is 0 Å². The van der Waals surface area contributed by atoms with Crippen LogP contribution in [-0.4, -0.2) is 18.2 Å². The quantitative estimate of drug-likeness (QED) is 0.470. The summed E-state index contributed by atoms with van der Waals surface area (Å²) in [5.41, 5.74) is 2.22. The van der Waals surface area contributed by atoms with E-state index in [4.69, 9.17) is 9.47 Å². The minimum Gasteiger partial charge on any atom is -0.459 e. The molecule has 1 heterocycles. The van der Waals surface area contributed by atoms with Crippen molar-refractivity contribution in [3.8, 4) is 0 Å².